The molecule has 134 valence electrons. The predicted molar refractivity (Wildman–Crippen MR) is 98.4 cm³/mol. The standard InChI is InChI=1S/C19H31N3OS/c1-15-14-24-18(20-15)11-22-9-7-19(8-10-22)6-5-17(21(19)2)13-23-12-16-3-4-16/h14,16-17H,3-13H2,1-2H3/t17-/m0/s1. The molecule has 24 heavy (non-hydrogen) atoms. The zero-order valence-electron chi connectivity index (χ0n) is 15.2. The topological polar surface area (TPSA) is 28.6 Å². The van der Waals surface area contributed by atoms with Crippen molar-refractivity contribution in [2.24, 2.45) is 5.92 Å². The fourth-order valence-corrected chi connectivity index (χ4v) is 5.25. The third-order valence-corrected chi connectivity index (χ3v) is 7.36. The summed E-state index contributed by atoms with van der Waals surface area (Å²) >= 11 is 1.80. The maximum Gasteiger partial charge on any atom is 0.107 e. The minimum Gasteiger partial charge on any atom is -0.380 e. The molecule has 5 heteroatoms. The van der Waals surface area contributed by atoms with E-state index >= 15 is 0 Å². The average Bonchev–Trinajstić information content (AvgIpc) is 3.25. The molecule has 1 aliphatic carbocycles. The van der Waals surface area contributed by atoms with Crippen LogP contribution in [0.25, 0.3) is 0 Å². The number of ether oxygens (including phenoxy) is 1. The quantitative estimate of drug-likeness (QED) is 0.788. The first-order valence-electron chi connectivity index (χ1n) is 9.59. The normalized spacial score (nSPS) is 28.0. The van der Waals surface area contributed by atoms with Crippen LogP contribution in [0.15, 0.2) is 5.38 Å². The van der Waals surface area contributed by atoms with Crippen molar-refractivity contribution < 1.29 is 4.74 Å². The molecule has 4 rings (SSSR count). The highest BCUT2D eigenvalue weighted by Gasteiger charge is 2.45. The highest BCUT2D eigenvalue weighted by Crippen LogP contribution is 2.41. The van der Waals surface area contributed by atoms with Crippen molar-refractivity contribution in [1.82, 2.24) is 14.8 Å². The second-order valence-electron chi connectivity index (χ2n) is 8.17. The highest BCUT2D eigenvalue weighted by molar-refractivity contribution is 7.09. The van der Waals surface area contributed by atoms with Gasteiger partial charge in [-0.15, -0.1) is 11.3 Å². The van der Waals surface area contributed by atoms with Crippen LogP contribution in [0.1, 0.15) is 49.2 Å². The lowest BCUT2D eigenvalue weighted by Crippen LogP contribution is -2.52. The summed E-state index contributed by atoms with van der Waals surface area (Å²) in [6, 6.07) is 0.636. The molecule has 1 spiro atoms. The van der Waals surface area contributed by atoms with Crippen molar-refractivity contribution in [3.63, 3.8) is 0 Å². The van der Waals surface area contributed by atoms with Crippen molar-refractivity contribution in [3.05, 3.63) is 16.1 Å². The van der Waals surface area contributed by atoms with Gasteiger partial charge >= 0.3 is 0 Å². The Morgan fingerprint density at radius 1 is 1.21 bits per heavy atom. The smallest absolute Gasteiger partial charge is 0.107 e. The number of hydrogen-bond donors (Lipinski definition) is 0. The van der Waals surface area contributed by atoms with Gasteiger partial charge in [0.15, 0.2) is 0 Å². The fourth-order valence-electron chi connectivity index (χ4n) is 4.44. The van der Waals surface area contributed by atoms with Crippen molar-refractivity contribution in [1.29, 1.82) is 0 Å². The van der Waals surface area contributed by atoms with Crippen LogP contribution in [-0.2, 0) is 11.3 Å². The van der Waals surface area contributed by atoms with Crippen LogP contribution in [0.4, 0.5) is 0 Å². The van der Waals surface area contributed by atoms with Crippen molar-refractivity contribution in [2.45, 2.75) is 63.6 Å². The van der Waals surface area contributed by atoms with Crippen LogP contribution in [0.5, 0.6) is 0 Å². The highest BCUT2D eigenvalue weighted by atomic mass is 32.1. The van der Waals surface area contributed by atoms with E-state index in [-0.39, 0.29) is 0 Å². The lowest BCUT2D eigenvalue weighted by atomic mass is 9.85. The molecular weight excluding hydrogens is 318 g/mol. The van der Waals surface area contributed by atoms with Crippen LogP contribution in [0.3, 0.4) is 0 Å². The summed E-state index contributed by atoms with van der Waals surface area (Å²) in [5.74, 6) is 0.878. The first kappa shape index (κ1) is 17.0. The molecule has 3 aliphatic rings. The Morgan fingerprint density at radius 2 is 2.00 bits per heavy atom. The first-order valence-corrected chi connectivity index (χ1v) is 10.5. The lowest BCUT2D eigenvalue weighted by Gasteiger charge is -2.45. The predicted octanol–water partition coefficient (Wildman–Crippen LogP) is 3.31. The molecule has 3 heterocycles. The lowest BCUT2D eigenvalue weighted by molar-refractivity contribution is 0.0161. The summed E-state index contributed by atoms with van der Waals surface area (Å²) in [5, 5.41) is 3.44. The molecule has 1 aromatic rings. The Morgan fingerprint density at radius 3 is 2.67 bits per heavy atom. The zero-order chi connectivity index (χ0) is 16.6. The molecular formula is C19H31N3OS. The second-order valence-corrected chi connectivity index (χ2v) is 9.11. The van der Waals surface area contributed by atoms with Gasteiger partial charge in [0.05, 0.1) is 13.2 Å². The van der Waals surface area contributed by atoms with Crippen molar-refractivity contribution in [2.75, 3.05) is 33.4 Å². The van der Waals surface area contributed by atoms with E-state index < -0.39 is 0 Å². The van der Waals surface area contributed by atoms with Crippen LogP contribution < -0.4 is 0 Å². The Bertz CT molecular complexity index is 549. The molecule has 0 aromatic carbocycles. The number of aryl methyl sites for hydroxylation is 1. The summed E-state index contributed by atoms with van der Waals surface area (Å²) in [7, 11) is 2.35. The number of likely N-dealkylation sites (N-methyl/N-ethyl adjacent to an activating group) is 1. The molecule has 0 bridgehead atoms. The van der Waals surface area contributed by atoms with Gasteiger partial charge in [0, 0.05) is 42.4 Å². The van der Waals surface area contributed by atoms with Crippen LogP contribution in [0, 0.1) is 12.8 Å². The third kappa shape index (κ3) is 3.69. The number of thiazole rings is 1. The van der Waals surface area contributed by atoms with Gasteiger partial charge in [-0.3, -0.25) is 9.80 Å². The van der Waals surface area contributed by atoms with Gasteiger partial charge in [0.25, 0.3) is 0 Å². The zero-order valence-corrected chi connectivity index (χ0v) is 16.0. The summed E-state index contributed by atoms with van der Waals surface area (Å²) < 4.78 is 5.99. The van der Waals surface area contributed by atoms with Gasteiger partial charge in [-0.1, -0.05) is 0 Å². The van der Waals surface area contributed by atoms with E-state index in [4.69, 9.17) is 4.74 Å². The van der Waals surface area contributed by atoms with Gasteiger partial charge in [-0.25, -0.2) is 4.98 Å². The SMILES string of the molecule is Cc1csc(CN2CCC3(CC[C@@H](COCC4CC4)N3C)CC2)n1. The Kier molecular flexibility index (Phi) is 4.96. The molecule has 2 saturated heterocycles. The monoisotopic (exact) mass is 349 g/mol. The Balaban J connectivity index is 1.26. The number of aromatic nitrogens is 1. The van der Waals surface area contributed by atoms with Gasteiger partial charge in [0.2, 0.25) is 0 Å². The fraction of sp³-hybridized carbons (Fsp3) is 0.842. The molecule has 2 aliphatic heterocycles. The van der Waals surface area contributed by atoms with E-state index in [0.29, 0.717) is 11.6 Å². The third-order valence-electron chi connectivity index (χ3n) is 6.41. The van der Waals surface area contributed by atoms with E-state index in [9.17, 15) is 0 Å². The molecule has 1 saturated carbocycles. The maximum absolute atomic E-state index is 5.99. The molecule has 3 fully saturated rings. The number of piperidine rings is 1. The Labute approximate surface area is 150 Å². The molecule has 0 amide bonds. The number of hydrogen-bond acceptors (Lipinski definition) is 5. The van der Waals surface area contributed by atoms with Crippen LogP contribution >= 0.6 is 11.3 Å². The Hall–Kier alpha value is -0.490. The van der Waals surface area contributed by atoms with Crippen LogP contribution in [0.2, 0.25) is 0 Å². The second kappa shape index (κ2) is 7.02. The molecule has 0 N–H and O–H groups in total. The van der Waals surface area contributed by atoms with E-state index in [1.165, 1.54) is 56.6 Å². The van der Waals surface area contributed by atoms with Gasteiger partial charge < -0.3 is 4.74 Å². The summed E-state index contributed by atoms with van der Waals surface area (Å²) in [6.07, 6.45) is 8.04. The number of rotatable bonds is 6. The molecule has 0 radical (unpaired) electrons. The van der Waals surface area contributed by atoms with Gasteiger partial charge in [-0.05, 0) is 58.4 Å². The molecule has 1 atom stereocenters. The van der Waals surface area contributed by atoms with Gasteiger partial charge in [-0.2, -0.15) is 0 Å². The summed E-state index contributed by atoms with van der Waals surface area (Å²) in [4.78, 5) is 9.89. The molecule has 1 aromatic heterocycles. The van der Waals surface area contributed by atoms with Crippen molar-refractivity contribution in [3.8, 4) is 0 Å². The number of likely N-dealkylation sites (tertiary alicyclic amines) is 2. The molecule has 0 unspecified atom stereocenters. The summed E-state index contributed by atoms with van der Waals surface area (Å²) in [5.41, 5.74) is 1.59. The summed E-state index contributed by atoms with van der Waals surface area (Å²) in [6.45, 7) is 7.47. The van der Waals surface area contributed by atoms with E-state index in [2.05, 4.69) is 34.1 Å². The number of nitrogens with zero attached hydrogens (tertiary/aromatic N) is 3. The van der Waals surface area contributed by atoms with Crippen molar-refractivity contribution >= 4 is 11.3 Å². The minimum atomic E-state index is 0.433. The first-order chi connectivity index (χ1) is 11.6. The van der Waals surface area contributed by atoms with Crippen LogP contribution in [-0.4, -0.2) is 59.7 Å². The minimum absolute atomic E-state index is 0.433. The largest absolute Gasteiger partial charge is 0.380 e. The van der Waals surface area contributed by atoms with E-state index in [0.717, 1.165) is 31.4 Å². The maximum atomic E-state index is 5.99. The average molecular weight is 350 g/mol. The van der Waals surface area contributed by atoms with E-state index in [1.54, 1.807) is 11.3 Å². The van der Waals surface area contributed by atoms with E-state index in [1.807, 2.05) is 0 Å². The van der Waals surface area contributed by atoms with Gasteiger partial charge in [0.1, 0.15) is 5.01 Å². The molecule has 4 nitrogen and oxygen atoms in total.